The molecular weight excluding hydrogens is 165 g/mol. The molecule has 1 radical (unpaired) electrons. The van der Waals surface area contributed by atoms with E-state index >= 15 is 0 Å². The standard InChI is InChI=1S/C5H9O.Y/c1-2-5-3-6-4-5;/h2-4H2,1H3;/q-1;. The molecule has 0 aromatic rings. The van der Waals surface area contributed by atoms with Crippen LogP contribution in [0.5, 0.6) is 0 Å². The zero-order chi connectivity index (χ0) is 4.41. The largest absolute Gasteiger partial charge is 0.444 e. The Kier molecular flexibility index (Phi) is 4.60. The molecule has 0 unspecified atom stereocenters. The van der Waals surface area contributed by atoms with Gasteiger partial charge in [-0.1, -0.05) is 20.1 Å². The average Bonchev–Trinajstić information content (AvgIpc) is 1.31. The second-order valence-corrected chi connectivity index (χ2v) is 1.60. The van der Waals surface area contributed by atoms with Crippen molar-refractivity contribution in [1.29, 1.82) is 0 Å². The summed E-state index contributed by atoms with van der Waals surface area (Å²) in [6, 6.07) is 0. The van der Waals surface area contributed by atoms with Gasteiger partial charge >= 0.3 is 0 Å². The van der Waals surface area contributed by atoms with E-state index in [1.54, 1.807) is 5.92 Å². The van der Waals surface area contributed by atoms with Crippen LogP contribution >= 0.6 is 0 Å². The first-order chi connectivity index (χ1) is 2.93. The summed E-state index contributed by atoms with van der Waals surface area (Å²) in [7, 11) is 0. The molecule has 1 heterocycles. The van der Waals surface area contributed by atoms with Gasteiger partial charge in [-0.25, -0.2) is 0 Å². The van der Waals surface area contributed by atoms with E-state index in [4.69, 9.17) is 4.74 Å². The topological polar surface area (TPSA) is 9.23 Å². The smallest absolute Gasteiger partial charge is 0 e. The Balaban J connectivity index is 0.000000360. The molecule has 0 atom stereocenters. The molecule has 39 valence electrons. The van der Waals surface area contributed by atoms with Gasteiger partial charge in [0, 0.05) is 32.7 Å². The molecule has 0 aromatic heterocycles. The number of rotatable bonds is 1. The van der Waals surface area contributed by atoms with E-state index in [1.807, 2.05) is 0 Å². The molecule has 0 amide bonds. The molecule has 0 bridgehead atoms. The molecule has 0 aliphatic carbocycles. The maximum atomic E-state index is 4.89. The summed E-state index contributed by atoms with van der Waals surface area (Å²) in [5.74, 6) is 1.55. The molecule has 1 saturated heterocycles. The molecule has 1 fully saturated rings. The van der Waals surface area contributed by atoms with Gasteiger partial charge in [-0.15, -0.1) is 0 Å². The Morgan fingerprint density at radius 3 is 2.14 bits per heavy atom. The van der Waals surface area contributed by atoms with Gasteiger partial charge in [0.25, 0.3) is 0 Å². The number of ether oxygens (including phenoxy) is 1. The monoisotopic (exact) mass is 174 g/mol. The third-order valence-corrected chi connectivity index (χ3v) is 1.11. The molecule has 2 heteroatoms. The van der Waals surface area contributed by atoms with Gasteiger partial charge in [0.1, 0.15) is 0 Å². The van der Waals surface area contributed by atoms with E-state index in [9.17, 15) is 0 Å². The van der Waals surface area contributed by atoms with E-state index in [0.717, 1.165) is 13.2 Å². The van der Waals surface area contributed by atoms with Crippen LogP contribution in [0.3, 0.4) is 0 Å². The van der Waals surface area contributed by atoms with Gasteiger partial charge in [0.15, 0.2) is 0 Å². The van der Waals surface area contributed by atoms with Gasteiger partial charge < -0.3 is 4.74 Å². The van der Waals surface area contributed by atoms with Crippen LogP contribution in [-0.2, 0) is 37.4 Å². The van der Waals surface area contributed by atoms with Gasteiger partial charge in [-0.3, -0.25) is 5.92 Å². The Hall–Kier alpha value is 1.06. The minimum Gasteiger partial charge on any atom is -0.444 e. The molecule has 1 rings (SSSR count). The van der Waals surface area contributed by atoms with E-state index < -0.39 is 0 Å². The summed E-state index contributed by atoms with van der Waals surface area (Å²) in [5.41, 5.74) is 0. The Bertz CT molecular complexity index is 40.6. The summed E-state index contributed by atoms with van der Waals surface area (Å²) in [6.07, 6.45) is 1.21. The first kappa shape index (κ1) is 8.06. The number of hydrogen-bond donors (Lipinski definition) is 0. The van der Waals surface area contributed by atoms with Crippen LogP contribution in [0.2, 0.25) is 0 Å². The zero-order valence-corrected chi connectivity index (χ0v) is 7.45. The fraction of sp³-hybridized carbons (Fsp3) is 0.800. The first-order valence-electron chi connectivity index (χ1n) is 2.35. The number of hydrogen-bond acceptors (Lipinski definition) is 1. The van der Waals surface area contributed by atoms with Gasteiger partial charge in [0.2, 0.25) is 0 Å². The van der Waals surface area contributed by atoms with E-state index in [1.165, 1.54) is 6.42 Å². The van der Waals surface area contributed by atoms with Crippen molar-refractivity contribution in [2.75, 3.05) is 13.2 Å². The third-order valence-electron chi connectivity index (χ3n) is 1.11. The summed E-state index contributed by atoms with van der Waals surface area (Å²) in [5, 5.41) is 0. The van der Waals surface area contributed by atoms with Gasteiger partial charge in [0.05, 0.1) is 0 Å². The molecule has 0 N–H and O–H groups in total. The summed E-state index contributed by atoms with van der Waals surface area (Å²) >= 11 is 0. The van der Waals surface area contributed by atoms with Crippen LogP contribution in [0, 0.1) is 5.92 Å². The van der Waals surface area contributed by atoms with Gasteiger partial charge in [-0.05, 0) is 0 Å². The minimum atomic E-state index is 0. The van der Waals surface area contributed by atoms with Crippen molar-refractivity contribution in [3.05, 3.63) is 5.92 Å². The fourth-order valence-corrected chi connectivity index (χ4v) is 0.451. The molecular formula is C5H9OY-. The normalized spacial score (nSPS) is 20.1. The van der Waals surface area contributed by atoms with Crippen LogP contribution in [0.1, 0.15) is 13.3 Å². The SMILES string of the molecule is CC[C-]1COC1.[Y]. The summed E-state index contributed by atoms with van der Waals surface area (Å²) in [4.78, 5) is 0. The molecule has 1 aliphatic heterocycles. The summed E-state index contributed by atoms with van der Waals surface area (Å²) < 4.78 is 4.89. The van der Waals surface area contributed by atoms with Crippen molar-refractivity contribution >= 4 is 0 Å². The predicted molar refractivity (Wildman–Crippen MR) is 24.4 cm³/mol. The first-order valence-corrected chi connectivity index (χ1v) is 2.35. The van der Waals surface area contributed by atoms with Crippen LogP contribution < -0.4 is 0 Å². The van der Waals surface area contributed by atoms with Crippen molar-refractivity contribution in [2.24, 2.45) is 0 Å². The van der Waals surface area contributed by atoms with Crippen LogP contribution in [0.15, 0.2) is 0 Å². The van der Waals surface area contributed by atoms with Crippen molar-refractivity contribution in [3.8, 4) is 0 Å². The second kappa shape index (κ2) is 3.99. The zero-order valence-electron chi connectivity index (χ0n) is 4.61. The maximum absolute atomic E-state index is 4.89. The van der Waals surface area contributed by atoms with E-state index in [2.05, 4.69) is 6.92 Å². The molecule has 1 nitrogen and oxygen atoms in total. The third kappa shape index (κ3) is 2.20. The average molecular weight is 174 g/mol. The van der Waals surface area contributed by atoms with Crippen molar-refractivity contribution in [1.82, 2.24) is 0 Å². The van der Waals surface area contributed by atoms with E-state index in [-0.39, 0.29) is 32.7 Å². The van der Waals surface area contributed by atoms with Crippen molar-refractivity contribution in [2.45, 2.75) is 13.3 Å². The Morgan fingerprint density at radius 2 is 2.14 bits per heavy atom. The predicted octanol–water partition coefficient (Wildman–Crippen LogP) is 0.999. The maximum Gasteiger partial charge on any atom is 0 e. The molecule has 7 heavy (non-hydrogen) atoms. The molecule has 0 aromatic carbocycles. The Labute approximate surface area is 69.7 Å². The molecule has 1 aliphatic rings. The molecule has 0 saturated carbocycles. The minimum absolute atomic E-state index is 0. The quantitative estimate of drug-likeness (QED) is 0.539. The second-order valence-electron chi connectivity index (χ2n) is 1.60. The Morgan fingerprint density at radius 1 is 1.57 bits per heavy atom. The molecule has 0 spiro atoms. The fourth-order valence-electron chi connectivity index (χ4n) is 0.451. The van der Waals surface area contributed by atoms with Crippen LogP contribution in [0.4, 0.5) is 0 Å². The van der Waals surface area contributed by atoms with Gasteiger partial charge in [-0.2, -0.15) is 6.42 Å². The van der Waals surface area contributed by atoms with Crippen LogP contribution in [-0.4, -0.2) is 13.2 Å². The van der Waals surface area contributed by atoms with E-state index in [0.29, 0.717) is 0 Å². The summed E-state index contributed by atoms with van der Waals surface area (Å²) in [6.45, 7) is 4.02. The van der Waals surface area contributed by atoms with Crippen molar-refractivity contribution < 1.29 is 37.4 Å². The van der Waals surface area contributed by atoms with Crippen LogP contribution in [0.25, 0.3) is 0 Å². The van der Waals surface area contributed by atoms with Crippen molar-refractivity contribution in [3.63, 3.8) is 0 Å².